The molecule has 2 atom stereocenters. The summed E-state index contributed by atoms with van der Waals surface area (Å²) in [5, 5.41) is 3.39. The van der Waals surface area contributed by atoms with Crippen LogP contribution in [0.2, 0.25) is 0 Å². The molecule has 0 saturated heterocycles. The van der Waals surface area contributed by atoms with Crippen molar-refractivity contribution in [3.63, 3.8) is 0 Å². The van der Waals surface area contributed by atoms with Gasteiger partial charge in [0.25, 0.3) is 0 Å². The highest BCUT2D eigenvalue weighted by atomic mass is 32.2. The van der Waals surface area contributed by atoms with E-state index >= 15 is 0 Å². The molecule has 1 aromatic heterocycles. The van der Waals surface area contributed by atoms with Crippen molar-refractivity contribution < 1.29 is 4.21 Å². The van der Waals surface area contributed by atoms with Gasteiger partial charge in [-0.15, -0.1) is 11.3 Å². The Morgan fingerprint density at radius 3 is 2.67 bits per heavy atom. The Morgan fingerprint density at radius 1 is 1.47 bits per heavy atom. The zero-order valence-corrected chi connectivity index (χ0v) is 11.2. The summed E-state index contributed by atoms with van der Waals surface area (Å²) in [6, 6.07) is 4.68. The summed E-state index contributed by atoms with van der Waals surface area (Å²) in [5.74, 6) is 0.728. The lowest BCUT2D eigenvalue weighted by Gasteiger charge is -2.10. The molecule has 4 heteroatoms. The Morgan fingerprint density at radius 2 is 2.13 bits per heavy atom. The van der Waals surface area contributed by atoms with Crippen LogP contribution >= 0.6 is 11.3 Å². The monoisotopic (exact) mass is 245 g/mol. The zero-order valence-electron chi connectivity index (χ0n) is 9.58. The van der Waals surface area contributed by atoms with Gasteiger partial charge < -0.3 is 5.32 Å². The SMILES string of the molecule is CCc1ccc(CNC(C)CS(C)=O)s1. The van der Waals surface area contributed by atoms with E-state index in [9.17, 15) is 4.21 Å². The summed E-state index contributed by atoms with van der Waals surface area (Å²) >= 11 is 1.86. The molecule has 0 aliphatic heterocycles. The van der Waals surface area contributed by atoms with E-state index < -0.39 is 10.8 Å². The van der Waals surface area contributed by atoms with Crippen LogP contribution in [-0.4, -0.2) is 22.3 Å². The van der Waals surface area contributed by atoms with Crippen molar-refractivity contribution in [3.05, 3.63) is 21.9 Å². The van der Waals surface area contributed by atoms with E-state index in [0.29, 0.717) is 6.04 Å². The normalized spacial score (nSPS) is 15.1. The Bertz CT molecular complexity index is 322. The number of rotatable bonds is 6. The van der Waals surface area contributed by atoms with Crippen molar-refractivity contribution >= 4 is 22.1 Å². The molecule has 0 bridgehead atoms. The van der Waals surface area contributed by atoms with Crippen molar-refractivity contribution in [1.29, 1.82) is 0 Å². The lowest BCUT2D eigenvalue weighted by molar-refractivity contribution is 0.591. The maximum atomic E-state index is 11.0. The van der Waals surface area contributed by atoms with Crippen LogP contribution in [0.1, 0.15) is 23.6 Å². The molecule has 0 aliphatic rings. The fraction of sp³-hybridized carbons (Fsp3) is 0.636. The lowest BCUT2D eigenvalue weighted by Crippen LogP contribution is -2.30. The van der Waals surface area contributed by atoms with Gasteiger partial charge in [0.15, 0.2) is 0 Å². The molecule has 0 aliphatic carbocycles. The molecule has 1 N–H and O–H groups in total. The number of aryl methyl sites for hydroxylation is 1. The maximum Gasteiger partial charge on any atom is 0.0383 e. The molecule has 0 radical (unpaired) electrons. The van der Waals surface area contributed by atoms with Crippen molar-refractivity contribution in [2.24, 2.45) is 0 Å². The second-order valence-electron chi connectivity index (χ2n) is 3.74. The Labute approximate surface area is 98.6 Å². The molecule has 2 unspecified atom stereocenters. The summed E-state index contributed by atoms with van der Waals surface area (Å²) < 4.78 is 11.0. The van der Waals surface area contributed by atoms with Gasteiger partial charge in [-0.05, 0) is 25.5 Å². The van der Waals surface area contributed by atoms with Gasteiger partial charge in [-0.1, -0.05) is 6.92 Å². The van der Waals surface area contributed by atoms with Crippen LogP contribution in [-0.2, 0) is 23.8 Å². The first-order valence-corrected chi connectivity index (χ1v) is 7.77. The third-order valence-electron chi connectivity index (χ3n) is 2.18. The van der Waals surface area contributed by atoms with E-state index in [2.05, 4.69) is 31.3 Å². The number of hydrogen-bond donors (Lipinski definition) is 1. The van der Waals surface area contributed by atoms with Crippen LogP contribution in [0.4, 0.5) is 0 Å². The van der Waals surface area contributed by atoms with E-state index in [1.54, 1.807) is 6.26 Å². The predicted octanol–water partition coefficient (Wildman–Crippen LogP) is 2.17. The second kappa shape index (κ2) is 6.40. The summed E-state index contributed by atoms with van der Waals surface area (Å²) in [5.41, 5.74) is 0. The number of thiophene rings is 1. The highest BCUT2D eigenvalue weighted by Crippen LogP contribution is 2.16. The van der Waals surface area contributed by atoms with E-state index in [4.69, 9.17) is 0 Å². The zero-order chi connectivity index (χ0) is 11.3. The molecule has 86 valence electrons. The van der Waals surface area contributed by atoms with Crippen LogP contribution < -0.4 is 5.32 Å². The smallest absolute Gasteiger partial charge is 0.0383 e. The second-order valence-corrected chi connectivity index (χ2v) is 6.48. The third-order valence-corrected chi connectivity index (χ3v) is 4.37. The molecule has 1 rings (SSSR count). The lowest BCUT2D eigenvalue weighted by atomic mass is 10.3. The summed E-state index contributed by atoms with van der Waals surface area (Å²) in [4.78, 5) is 2.79. The van der Waals surface area contributed by atoms with Gasteiger partial charge in [0.2, 0.25) is 0 Å². The van der Waals surface area contributed by atoms with Gasteiger partial charge >= 0.3 is 0 Å². The first kappa shape index (κ1) is 12.9. The highest BCUT2D eigenvalue weighted by Gasteiger charge is 2.04. The van der Waals surface area contributed by atoms with Crippen LogP contribution in [0.5, 0.6) is 0 Å². The standard InChI is InChI=1S/C11H19NOS2/c1-4-10-5-6-11(14-10)7-12-9(2)8-15(3)13/h5-6,9,12H,4,7-8H2,1-3H3. The van der Waals surface area contributed by atoms with Gasteiger partial charge in [0.05, 0.1) is 0 Å². The van der Waals surface area contributed by atoms with Gasteiger partial charge in [-0.2, -0.15) is 0 Å². The number of nitrogens with one attached hydrogen (secondary N) is 1. The average Bonchev–Trinajstić information content (AvgIpc) is 2.61. The molecule has 1 aromatic rings. The molecular weight excluding hydrogens is 226 g/mol. The summed E-state index contributed by atoms with van der Waals surface area (Å²) in [6.45, 7) is 5.14. The highest BCUT2D eigenvalue weighted by molar-refractivity contribution is 7.84. The molecule has 15 heavy (non-hydrogen) atoms. The first-order valence-electron chi connectivity index (χ1n) is 5.22. The van der Waals surface area contributed by atoms with Crippen molar-refractivity contribution in [3.8, 4) is 0 Å². The van der Waals surface area contributed by atoms with Gasteiger partial charge in [-0.3, -0.25) is 4.21 Å². The van der Waals surface area contributed by atoms with Crippen molar-refractivity contribution in [2.75, 3.05) is 12.0 Å². The maximum absolute atomic E-state index is 11.0. The minimum Gasteiger partial charge on any atom is -0.308 e. The van der Waals surface area contributed by atoms with Crippen LogP contribution in [0.15, 0.2) is 12.1 Å². The van der Waals surface area contributed by atoms with Crippen LogP contribution in [0.3, 0.4) is 0 Å². The fourth-order valence-corrected chi connectivity index (χ4v) is 3.12. The quantitative estimate of drug-likeness (QED) is 0.832. The van der Waals surface area contributed by atoms with Crippen molar-refractivity contribution in [1.82, 2.24) is 5.32 Å². The fourth-order valence-electron chi connectivity index (χ4n) is 1.39. The van der Waals surface area contributed by atoms with E-state index in [1.165, 1.54) is 9.75 Å². The van der Waals surface area contributed by atoms with E-state index in [-0.39, 0.29) is 0 Å². The van der Waals surface area contributed by atoms with E-state index in [0.717, 1.165) is 18.7 Å². The van der Waals surface area contributed by atoms with Gasteiger partial charge in [0.1, 0.15) is 0 Å². The third kappa shape index (κ3) is 4.91. The summed E-state index contributed by atoms with van der Waals surface area (Å²) in [6.07, 6.45) is 2.86. The molecule has 0 amide bonds. The largest absolute Gasteiger partial charge is 0.308 e. The van der Waals surface area contributed by atoms with E-state index in [1.807, 2.05) is 11.3 Å². The molecule has 0 spiro atoms. The topological polar surface area (TPSA) is 29.1 Å². The molecule has 2 nitrogen and oxygen atoms in total. The Balaban J connectivity index is 2.33. The average molecular weight is 245 g/mol. The van der Waals surface area contributed by atoms with Crippen LogP contribution in [0.25, 0.3) is 0 Å². The molecular formula is C11H19NOS2. The molecule has 1 heterocycles. The Hall–Kier alpha value is -0.190. The minimum absolute atomic E-state index is 0.322. The summed E-state index contributed by atoms with van der Waals surface area (Å²) in [7, 11) is -0.709. The van der Waals surface area contributed by atoms with Gasteiger partial charge in [-0.25, -0.2) is 0 Å². The van der Waals surface area contributed by atoms with Gasteiger partial charge in [0, 0.05) is 45.1 Å². The van der Waals surface area contributed by atoms with Crippen molar-refractivity contribution in [2.45, 2.75) is 32.9 Å². The molecule has 0 saturated carbocycles. The molecule has 0 fully saturated rings. The first-order chi connectivity index (χ1) is 7.11. The number of hydrogen-bond acceptors (Lipinski definition) is 3. The Kier molecular flexibility index (Phi) is 5.50. The minimum atomic E-state index is -0.709. The predicted molar refractivity (Wildman–Crippen MR) is 68.9 cm³/mol. The molecule has 0 aromatic carbocycles. The van der Waals surface area contributed by atoms with Crippen LogP contribution in [0, 0.1) is 0 Å².